The van der Waals surface area contributed by atoms with E-state index in [1.165, 1.54) is 0 Å². The van der Waals surface area contributed by atoms with Gasteiger partial charge in [-0.2, -0.15) is 13.5 Å². The first-order valence-corrected chi connectivity index (χ1v) is 6.56. The topological polar surface area (TPSA) is 61.2 Å². The van der Waals surface area contributed by atoms with E-state index in [0.29, 0.717) is 24.5 Å². The number of hydrogen-bond acceptors (Lipinski definition) is 4. The Hall–Kier alpha value is -0.950. The molecule has 0 N–H and O–H groups in total. The second-order valence-corrected chi connectivity index (χ2v) is 5.29. The van der Waals surface area contributed by atoms with E-state index in [-0.39, 0.29) is 6.04 Å². The first kappa shape index (κ1) is 11.5. The number of aromatic nitrogens is 2. The van der Waals surface area contributed by atoms with Crippen molar-refractivity contribution in [3.63, 3.8) is 0 Å². The lowest BCUT2D eigenvalue weighted by Gasteiger charge is -2.06. The number of rotatable bonds is 3. The summed E-state index contributed by atoms with van der Waals surface area (Å²) in [5, 5.41) is 4.18. The smallest absolute Gasteiger partial charge is 0.306 e. The van der Waals surface area contributed by atoms with Crippen LogP contribution in [0.2, 0.25) is 0 Å². The molecule has 1 unspecified atom stereocenters. The summed E-state index contributed by atoms with van der Waals surface area (Å²) in [7, 11) is -4.49. The van der Waals surface area contributed by atoms with Gasteiger partial charge in [0, 0.05) is 18.4 Å². The maximum atomic E-state index is 12.6. The molecule has 1 aromatic rings. The third-order valence-electron chi connectivity index (χ3n) is 2.63. The molecule has 16 heavy (non-hydrogen) atoms. The molecule has 0 bridgehead atoms. The van der Waals surface area contributed by atoms with Gasteiger partial charge in [-0.3, -0.25) is 4.68 Å². The zero-order valence-corrected chi connectivity index (χ0v) is 9.71. The van der Waals surface area contributed by atoms with Gasteiger partial charge in [0.2, 0.25) is 0 Å². The van der Waals surface area contributed by atoms with Crippen LogP contribution in [-0.2, 0) is 20.7 Å². The Morgan fingerprint density at radius 3 is 3.00 bits per heavy atom. The molecule has 5 nitrogen and oxygen atoms in total. The van der Waals surface area contributed by atoms with Gasteiger partial charge in [-0.05, 0) is 13.3 Å². The van der Waals surface area contributed by atoms with E-state index in [1.54, 1.807) is 17.8 Å². The molecule has 0 aliphatic carbocycles. The molecule has 0 aromatic carbocycles. The molecule has 0 saturated carbocycles. The van der Waals surface area contributed by atoms with E-state index in [2.05, 4.69) is 5.10 Å². The van der Waals surface area contributed by atoms with Crippen molar-refractivity contribution in [3.05, 3.63) is 17.5 Å². The highest BCUT2D eigenvalue weighted by molar-refractivity contribution is 7.85. The first-order valence-electron chi connectivity index (χ1n) is 5.00. The van der Waals surface area contributed by atoms with E-state index in [0.717, 1.165) is 6.42 Å². The van der Waals surface area contributed by atoms with Gasteiger partial charge in [0.25, 0.3) is 0 Å². The van der Waals surface area contributed by atoms with Gasteiger partial charge >= 0.3 is 10.2 Å². The fraction of sp³-hybridized carbons (Fsp3) is 0.667. The predicted molar refractivity (Wildman–Crippen MR) is 55.2 cm³/mol. The molecule has 0 spiro atoms. The van der Waals surface area contributed by atoms with Crippen molar-refractivity contribution in [1.82, 2.24) is 9.78 Å². The highest BCUT2D eigenvalue weighted by Crippen LogP contribution is 2.20. The molecule has 0 amide bonds. The maximum Gasteiger partial charge on any atom is 0.306 e. The quantitative estimate of drug-likeness (QED) is 0.747. The van der Waals surface area contributed by atoms with E-state index < -0.39 is 16.0 Å². The van der Waals surface area contributed by atoms with Crippen LogP contribution in [0, 0.1) is 6.92 Å². The van der Waals surface area contributed by atoms with Crippen LogP contribution in [0.3, 0.4) is 0 Å². The fourth-order valence-corrected chi connectivity index (χ4v) is 2.42. The van der Waals surface area contributed by atoms with Crippen LogP contribution in [0.5, 0.6) is 0 Å². The van der Waals surface area contributed by atoms with Crippen molar-refractivity contribution in [2.24, 2.45) is 0 Å². The molecule has 2 rings (SSSR count). The van der Waals surface area contributed by atoms with Gasteiger partial charge < -0.3 is 4.74 Å². The summed E-state index contributed by atoms with van der Waals surface area (Å²) in [5.74, 6) is -0.605. The highest BCUT2D eigenvalue weighted by Gasteiger charge is 2.21. The van der Waals surface area contributed by atoms with Gasteiger partial charge in [-0.1, -0.05) is 0 Å². The van der Waals surface area contributed by atoms with E-state index in [1.807, 2.05) is 0 Å². The molecule has 1 aliphatic heterocycles. The number of hydrogen-bond donors (Lipinski definition) is 0. The molecule has 90 valence electrons. The van der Waals surface area contributed by atoms with E-state index in [9.17, 15) is 12.3 Å². The Labute approximate surface area is 93.4 Å². The van der Waals surface area contributed by atoms with Crippen molar-refractivity contribution < 1.29 is 17.0 Å². The summed E-state index contributed by atoms with van der Waals surface area (Å²) in [6, 6.07) is 0.134. The van der Waals surface area contributed by atoms with Crippen LogP contribution in [0.4, 0.5) is 3.89 Å². The van der Waals surface area contributed by atoms with Gasteiger partial charge in [-0.15, -0.1) is 3.89 Å². The zero-order valence-electron chi connectivity index (χ0n) is 8.89. The number of nitrogens with zero attached hydrogens (tertiary/aromatic N) is 2. The highest BCUT2D eigenvalue weighted by atomic mass is 32.3. The molecule has 7 heteroatoms. The minimum Gasteiger partial charge on any atom is -0.379 e. The molecule has 1 fully saturated rings. The second-order valence-electron chi connectivity index (χ2n) is 3.92. The van der Waals surface area contributed by atoms with Crippen LogP contribution in [0.1, 0.15) is 23.7 Å². The lowest BCUT2D eigenvalue weighted by molar-refractivity contribution is 0.184. The number of aryl methyl sites for hydroxylation is 1. The summed E-state index contributed by atoms with van der Waals surface area (Å²) < 4.78 is 40.5. The number of ether oxygens (including phenoxy) is 1. The summed E-state index contributed by atoms with van der Waals surface area (Å²) in [6.07, 6.45) is 2.44. The van der Waals surface area contributed by atoms with Crippen molar-refractivity contribution in [2.75, 3.05) is 13.2 Å². The van der Waals surface area contributed by atoms with Crippen molar-refractivity contribution in [2.45, 2.75) is 25.1 Å². The third kappa shape index (κ3) is 2.59. The molecular weight excluding hydrogens is 235 g/mol. The van der Waals surface area contributed by atoms with Crippen molar-refractivity contribution >= 4 is 10.2 Å². The van der Waals surface area contributed by atoms with Crippen molar-refractivity contribution in [3.8, 4) is 0 Å². The average molecular weight is 248 g/mol. The van der Waals surface area contributed by atoms with Crippen molar-refractivity contribution in [1.29, 1.82) is 0 Å². The van der Waals surface area contributed by atoms with E-state index >= 15 is 0 Å². The molecule has 1 atom stereocenters. The molecular formula is C9H13FN2O3S. The minimum absolute atomic E-state index is 0.134. The largest absolute Gasteiger partial charge is 0.379 e. The fourth-order valence-electron chi connectivity index (χ4n) is 1.76. The third-order valence-corrected chi connectivity index (χ3v) is 3.28. The van der Waals surface area contributed by atoms with Crippen LogP contribution in [0.25, 0.3) is 0 Å². The molecule has 0 radical (unpaired) electrons. The molecule has 1 aromatic heterocycles. The Balaban J connectivity index is 2.21. The summed E-state index contributed by atoms with van der Waals surface area (Å²) in [4.78, 5) is 0. The van der Waals surface area contributed by atoms with Gasteiger partial charge in [0.1, 0.15) is 5.75 Å². The normalized spacial score (nSPS) is 21.5. The van der Waals surface area contributed by atoms with Crippen LogP contribution in [0.15, 0.2) is 6.20 Å². The Morgan fingerprint density at radius 2 is 2.44 bits per heavy atom. The van der Waals surface area contributed by atoms with Gasteiger partial charge in [0.05, 0.1) is 18.3 Å². The van der Waals surface area contributed by atoms with Crippen LogP contribution < -0.4 is 0 Å². The first-order chi connectivity index (χ1) is 7.46. The monoisotopic (exact) mass is 248 g/mol. The summed E-state index contributed by atoms with van der Waals surface area (Å²) in [6.45, 7) is 2.93. The molecule has 1 aliphatic rings. The van der Waals surface area contributed by atoms with Crippen LogP contribution >= 0.6 is 0 Å². The second kappa shape index (κ2) is 4.14. The Kier molecular flexibility index (Phi) is 2.98. The lowest BCUT2D eigenvalue weighted by atomic mass is 10.2. The van der Waals surface area contributed by atoms with Gasteiger partial charge in [0.15, 0.2) is 0 Å². The molecule has 1 saturated heterocycles. The van der Waals surface area contributed by atoms with E-state index in [4.69, 9.17) is 4.74 Å². The molecule has 2 heterocycles. The van der Waals surface area contributed by atoms with Gasteiger partial charge in [-0.25, -0.2) is 0 Å². The predicted octanol–water partition coefficient (Wildman–Crippen LogP) is 0.952. The maximum absolute atomic E-state index is 12.6. The Bertz CT molecular complexity index is 477. The number of halogens is 1. The SMILES string of the molecule is Cc1nn(C2CCOC2)cc1CS(=O)(=O)F. The average Bonchev–Trinajstić information content (AvgIpc) is 2.73. The lowest BCUT2D eigenvalue weighted by Crippen LogP contribution is -2.09. The zero-order chi connectivity index (χ0) is 11.8. The summed E-state index contributed by atoms with van der Waals surface area (Å²) >= 11 is 0. The Morgan fingerprint density at radius 1 is 1.69 bits per heavy atom. The van der Waals surface area contributed by atoms with Crippen LogP contribution in [-0.4, -0.2) is 31.4 Å². The minimum atomic E-state index is -4.49. The summed E-state index contributed by atoms with van der Waals surface area (Å²) in [5.41, 5.74) is 0.961. The standard InChI is InChI=1S/C9H13FN2O3S/c1-7-8(6-16(10,13)14)4-12(11-7)9-2-3-15-5-9/h4,9H,2-3,5-6H2,1H3.